The smallest absolute Gasteiger partial charge is 0.748 e. The zero-order valence-electron chi connectivity index (χ0n) is 7.91. The molecule has 0 radical (unpaired) electrons. The minimum Gasteiger partial charge on any atom is -0.748 e. The largest absolute Gasteiger partial charge is 1.00 e. The summed E-state index contributed by atoms with van der Waals surface area (Å²) in [6.45, 7) is 0. The molecule has 1 aromatic rings. The molecule has 8 heteroatoms. The van der Waals surface area contributed by atoms with Crippen molar-refractivity contribution in [2.75, 3.05) is 0 Å². The molecule has 0 fully saturated rings. The van der Waals surface area contributed by atoms with Crippen molar-refractivity contribution in [2.45, 2.75) is 5.75 Å². The fourth-order valence-electron chi connectivity index (χ4n) is 0.918. The molecule has 0 bridgehead atoms. The van der Waals surface area contributed by atoms with Crippen LogP contribution in [-0.2, 0) is 15.9 Å². The maximum absolute atomic E-state index is 10.3. The molecule has 0 aliphatic heterocycles. The van der Waals surface area contributed by atoms with E-state index in [2.05, 4.69) is 0 Å². The second-order valence-electron chi connectivity index (χ2n) is 2.63. The molecule has 0 amide bonds. The Labute approximate surface area is 98.4 Å². The van der Waals surface area contributed by atoms with E-state index in [-0.39, 0.29) is 30.1 Å². The zero-order valence-corrected chi connectivity index (χ0v) is 8.73. The summed E-state index contributed by atoms with van der Waals surface area (Å²) >= 11 is 0. The van der Waals surface area contributed by atoms with Crippen molar-refractivity contribution in [3.8, 4) is 0 Å². The van der Waals surface area contributed by atoms with Crippen LogP contribution in [0.15, 0.2) is 24.3 Å². The predicted octanol–water partition coefficient (Wildman–Crippen LogP) is -2.36. The third-order valence-electron chi connectivity index (χ3n) is 1.49. The number of benzene rings is 1. The van der Waals surface area contributed by atoms with Gasteiger partial charge in [0, 0.05) is 12.1 Å². The van der Waals surface area contributed by atoms with Crippen LogP contribution in [0.4, 0.5) is 5.69 Å². The first-order chi connectivity index (χ1) is 6.38. The van der Waals surface area contributed by atoms with Gasteiger partial charge in [0.2, 0.25) is 0 Å². The summed E-state index contributed by atoms with van der Waals surface area (Å²) in [6.07, 6.45) is 0. The Kier molecular flexibility index (Phi) is 4.97. The van der Waals surface area contributed by atoms with E-state index < -0.39 is 20.8 Å². The number of nitro benzene ring substituents is 1. The summed E-state index contributed by atoms with van der Waals surface area (Å²) in [6, 6.07) is 4.79. The van der Waals surface area contributed by atoms with Crippen LogP contribution >= 0.6 is 0 Å². The molecule has 1 aromatic carbocycles. The van der Waals surface area contributed by atoms with Gasteiger partial charge in [0.1, 0.15) is 0 Å². The zero-order chi connectivity index (χ0) is 10.8. The number of nitrogens with zero attached hydrogens (tertiary/aromatic N) is 1. The molecule has 1 rings (SSSR count). The molecule has 15 heavy (non-hydrogen) atoms. The first-order valence-electron chi connectivity index (χ1n) is 3.55. The van der Waals surface area contributed by atoms with Gasteiger partial charge in [0.05, 0.1) is 20.8 Å². The maximum Gasteiger partial charge on any atom is 1.00 e. The average molecular weight is 223 g/mol. The maximum atomic E-state index is 10.3. The van der Waals surface area contributed by atoms with E-state index in [1.165, 1.54) is 12.1 Å². The third kappa shape index (κ3) is 4.95. The van der Waals surface area contributed by atoms with Crippen molar-refractivity contribution in [3.63, 3.8) is 0 Å². The third-order valence-corrected chi connectivity index (χ3v) is 2.18. The van der Waals surface area contributed by atoms with Crippen molar-refractivity contribution >= 4 is 15.8 Å². The number of rotatable bonds is 3. The Bertz CT molecular complexity index is 441. The van der Waals surface area contributed by atoms with E-state index >= 15 is 0 Å². The summed E-state index contributed by atoms with van der Waals surface area (Å²) in [5.41, 5.74) is 0.0997. The monoisotopic (exact) mass is 223 g/mol. The molecule has 0 aliphatic carbocycles. The standard InChI is InChI=1S/C7H7NO5S.Li/c9-8(10)7-3-1-6(2-4-7)5-14(11,12)13;/h1-4H,5H2,(H,11,12,13);/q;+1/p-1. The Hall–Kier alpha value is -0.873. The van der Waals surface area contributed by atoms with Gasteiger partial charge in [-0.1, -0.05) is 12.1 Å². The Morgan fingerprint density at radius 2 is 1.67 bits per heavy atom. The van der Waals surface area contributed by atoms with Crippen molar-refractivity contribution in [3.05, 3.63) is 39.9 Å². The Morgan fingerprint density at radius 1 is 1.20 bits per heavy atom. The molecule has 0 atom stereocenters. The van der Waals surface area contributed by atoms with Gasteiger partial charge >= 0.3 is 18.9 Å². The van der Waals surface area contributed by atoms with E-state index in [1.54, 1.807) is 0 Å². The molecule has 0 saturated carbocycles. The molecule has 0 heterocycles. The molecule has 0 N–H and O–H groups in total. The topological polar surface area (TPSA) is 100 Å². The minimum atomic E-state index is -4.33. The van der Waals surface area contributed by atoms with E-state index in [9.17, 15) is 23.1 Å². The fourth-order valence-corrected chi connectivity index (χ4v) is 1.52. The first-order valence-corrected chi connectivity index (χ1v) is 5.13. The summed E-state index contributed by atoms with van der Waals surface area (Å²) in [5, 5.41) is 10.2. The Balaban J connectivity index is 0.00000196. The molecular formula is C7H6LiNO5S. The van der Waals surface area contributed by atoms with Crippen molar-refractivity contribution < 1.29 is 36.8 Å². The van der Waals surface area contributed by atoms with Crippen molar-refractivity contribution in [2.24, 2.45) is 0 Å². The van der Waals surface area contributed by atoms with Gasteiger partial charge in [-0.05, 0) is 5.56 Å². The summed E-state index contributed by atoms with van der Waals surface area (Å²) in [7, 11) is -4.33. The Morgan fingerprint density at radius 3 is 2.00 bits per heavy atom. The van der Waals surface area contributed by atoms with Gasteiger partial charge < -0.3 is 4.55 Å². The summed E-state index contributed by atoms with van der Waals surface area (Å²) in [4.78, 5) is 9.62. The minimum absolute atomic E-state index is 0. The molecule has 0 spiro atoms. The van der Waals surface area contributed by atoms with Crippen LogP contribution < -0.4 is 18.9 Å². The quantitative estimate of drug-likeness (QED) is 0.247. The van der Waals surface area contributed by atoms with E-state index in [0.717, 1.165) is 12.1 Å². The van der Waals surface area contributed by atoms with Crippen LogP contribution in [0, 0.1) is 10.1 Å². The van der Waals surface area contributed by atoms with Gasteiger partial charge in [0.15, 0.2) is 0 Å². The molecule has 0 saturated heterocycles. The van der Waals surface area contributed by atoms with E-state index in [1.807, 2.05) is 0 Å². The van der Waals surface area contributed by atoms with Crippen LogP contribution in [0.1, 0.15) is 5.56 Å². The van der Waals surface area contributed by atoms with E-state index in [0.29, 0.717) is 0 Å². The van der Waals surface area contributed by atoms with Crippen LogP contribution in [0.25, 0.3) is 0 Å². The van der Waals surface area contributed by atoms with Crippen molar-refractivity contribution in [1.29, 1.82) is 0 Å². The molecular weight excluding hydrogens is 217 g/mol. The summed E-state index contributed by atoms with van der Waals surface area (Å²) < 4.78 is 31.0. The van der Waals surface area contributed by atoms with E-state index in [4.69, 9.17) is 0 Å². The number of non-ortho nitro benzene ring substituents is 1. The average Bonchev–Trinajstić information content (AvgIpc) is 2.02. The van der Waals surface area contributed by atoms with Crippen molar-refractivity contribution in [1.82, 2.24) is 0 Å². The number of nitro groups is 1. The molecule has 0 aliphatic rings. The van der Waals surface area contributed by atoms with Crippen LogP contribution in [-0.4, -0.2) is 17.9 Å². The van der Waals surface area contributed by atoms with Gasteiger partial charge in [0.25, 0.3) is 5.69 Å². The molecule has 76 valence electrons. The van der Waals surface area contributed by atoms with Crippen LogP contribution in [0.2, 0.25) is 0 Å². The fraction of sp³-hybridized carbons (Fsp3) is 0.143. The van der Waals surface area contributed by atoms with Crippen LogP contribution in [0.3, 0.4) is 0 Å². The SMILES string of the molecule is O=[N+]([O-])c1ccc(CS(=O)(=O)[O-])cc1.[Li+]. The van der Waals surface area contributed by atoms with Gasteiger partial charge in [-0.25, -0.2) is 8.42 Å². The number of hydrogen-bond acceptors (Lipinski definition) is 5. The molecule has 0 unspecified atom stereocenters. The summed E-state index contributed by atoms with van der Waals surface area (Å²) in [5.74, 6) is -0.648. The molecule has 6 nitrogen and oxygen atoms in total. The van der Waals surface area contributed by atoms with Gasteiger partial charge in [-0.3, -0.25) is 10.1 Å². The number of hydrogen-bond donors (Lipinski definition) is 0. The predicted molar refractivity (Wildman–Crippen MR) is 46.5 cm³/mol. The second-order valence-corrected chi connectivity index (χ2v) is 4.03. The normalized spacial score (nSPS) is 10.5. The second kappa shape index (κ2) is 5.28. The van der Waals surface area contributed by atoms with Crippen LogP contribution in [0.5, 0.6) is 0 Å². The van der Waals surface area contributed by atoms with Gasteiger partial charge in [-0.2, -0.15) is 0 Å². The first kappa shape index (κ1) is 14.1. The molecule has 0 aromatic heterocycles. The van der Waals surface area contributed by atoms with Gasteiger partial charge in [-0.15, -0.1) is 0 Å².